The Kier molecular flexibility index (Phi) is 3.45. The predicted octanol–water partition coefficient (Wildman–Crippen LogP) is -0.158. The molecule has 98 valence electrons. The molecule has 5 nitrogen and oxygen atoms in total. The smallest absolute Gasteiger partial charge is 0.238 e. The van der Waals surface area contributed by atoms with Crippen molar-refractivity contribution in [2.24, 2.45) is 5.41 Å². The highest BCUT2D eigenvalue weighted by Gasteiger charge is 2.43. The normalized spacial score (nSPS) is 29.6. The van der Waals surface area contributed by atoms with Crippen LogP contribution in [-0.4, -0.2) is 43.6 Å². The largest absolute Gasteiger partial charge is 0.396 e. The molecular formula is C11H19NO4S. The van der Waals surface area contributed by atoms with Crippen LogP contribution in [0.15, 0.2) is 0 Å². The molecule has 1 amide bonds. The molecule has 1 aliphatic heterocycles. The molecule has 2 fully saturated rings. The third-order valence-electron chi connectivity index (χ3n) is 3.80. The fourth-order valence-electron chi connectivity index (χ4n) is 2.20. The second-order valence-electron chi connectivity index (χ2n) is 5.23. The van der Waals surface area contributed by atoms with Crippen molar-refractivity contribution in [1.82, 2.24) is 5.32 Å². The third-order valence-corrected chi connectivity index (χ3v) is 5.98. The van der Waals surface area contributed by atoms with Crippen molar-refractivity contribution in [2.45, 2.75) is 37.4 Å². The lowest BCUT2D eigenvalue weighted by atomic mass is 10.1. The van der Waals surface area contributed by atoms with Gasteiger partial charge in [0.05, 0.1) is 12.4 Å². The van der Waals surface area contributed by atoms with Gasteiger partial charge in [-0.15, -0.1) is 0 Å². The van der Waals surface area contributed by atoms with Crippen LogP contribution in [0.2, 0.25) is 0 Å². The highest BCUT2D eigenvalue weighted by Crippen LogP contribution is 2.44. The number of rotatable bonds is 4. The molecule has 17 heavy (non-hydrogen) atoms. The second kappa shape index (κ2) is 4.57. The molecule has 0 radical (unpaired) electrons. The van der Waals surface area contributed by atoms with Gasteiger partial charge in [0, 0.05) is 12.0 Å². The van der Waals surface area contributed by atoms with Gasteiger partial charge >= 0.3 is 0 Å². The van der Waals surface area contributed by atoms with E-state index in [1.54, 1.807) is 0 Å². The minimum atomic E-state index is -3.25. The van der Waals surface area contributed by atoms with E-state index in [-0.39, 0.29) is 23.7 Å². The molecule has 2 aliphatic rings. The molecule has 0 aromatic rings. The van der Waals surface area contributed by atoms with Crippen LogP contribution in [-0.2, 0) is 14.6 Å². The van der Waals surface area contributed by atoms with Crippen molar-refractivity contribution in [3.05, 3.63) is 0 Å². The lowest BCUT2D eigenvalue weighted by molar-refractivity contribution is -0.121. The van der Waals surface area contributed by atoms with Gasteiger partial charge in [0.25, 0.3) is 0 Å². The second-order valence-corrected chi connectivity index (χ2v) is 7.53. The Balaban J connectivity index is 1.91. The number of carbonyl (C=O) groups excluding carboxylic acids is 1. The summed E-state index contributed by atoms with van der Waals surface area (Å²) in [5, 5.41) is 10.9. The molecule has 1 atom stereocenters. The molecular weight excluding hydrogens is 242 g/mol. The maximum atomic E-state index is 11.8. The van der Waals surface area contributed by atoms with Gasteiger partial charge in [0.15, 0.2) is 9.84 Å². The van der Waals surface area contributed by atoms with Gasteiger partial charge in [-0.05, 0) is 25.7 Å². The third kappa shape index (κ3) is 2.80. The predicted molar refractivity (Wildman–Crippen MR) is 63.2 cm³/mol. The zero-order chi connectivity index (χ0) is 12.5. The number of aliphatic hydroxyl groups is 1. The Morgan fingerprint density at radius 2 is 2.06 bits per heavy atom. The van der Waals surface area contributed by atoms with Gasteiger partial charge in [0.2, 0.25) is 5.91 Å². The monoisotopic (exact) mass is 261 g/mol. The summed E-state index contributed by atoms with van der Waals surface area (Å²) in [5.41, 5.74) is -0.173. The van der Waals surface area contributed by atoms with Gasteiger partial charge in [-0.25, -0.2) is 8.42 Å². The highest BCUT2D eigenvalue weighted by atomic mass is 32.2. The number of nitrogens with one attached hydrogen (secondary N) is 1. The van der Waals surface area contributed by atoms with Crippen LogP contribution in [0.25, 0.3) is 0 Å². The van der Waals surface area contributed by atoms with Gasteiger partial charge in [-0.2, -0.15) is 0 Å². The van der Waals surface area contributed by atoms with E-state index in [2.05, 4.69) is 5.32 Å². The molecule has 1 heterocycles. The number of amides is 1. The maximum absolute atomic E-state index is 11.8. The number of hydrogen-bond acceptors (Lipinski definition) is 4. The highest BCUT2D eigenvalue weighted by molar-refractivity contribution is 7.92. The Hall–Kier alpha value is -0.620. The first kappa shape index (κ1) is 12.8. The number of sulfone groups is 1. The number of hydrogen-bond donors (Lipinski definition) is 2. The van der Waals surface area contributed by atoms with E-state index < -0.39 is 15.1 Å². The lowest BCUT2D eigenvalue weighted by Gasteiger charge is -2.22. The minimum Gasteiger partial charge on any atom is -0.396 e. The van der Waals surface area contributed by atoms with E-state index in [0.29, 0.717) is 19.4 Å². The van der Waals surface area contributed by atoms with Crippen LogP contribution < -0.4 is 5.32 Å². The van der Waals surface area contributed by atoms with Crippen LogP contribution in [0, 0.1) is 5.41 Å². The first-order valence-electron chi connectivity index (χ1n) is 6.09. The van der Waals surface area contributed by atoms with Crippen LogP contribution in [0.3, 0.4) is 0 Å². The molecule has 1 aliphatic carbocycles. The Morgan fingerprint density at radius 3 is 2.59 bits per heavy atom. The SMILES string of the molecule is O=C(NCC1(CO)CC1)C1CCCCS1(=O)=O. The van der Waals surface area contributed by atoms with Crippen LogP contribution in [0.4, 0.5) is 0 Å². The van der Waals surface area contributed by atoms with Gasteiger partial charge in [-0.3, -0.25) is 4.79 Å². The molecule has 6 heteroatoms. The molecule has 0 aromatic heterocycles. The van der Waals surface area contributed by atoms with E-state index in [9.17, 15) is 13.2 Å². The first-order chi connectivity index (χ1) is 7.99. The molecule has 0 aromatic carbocycles. The number of aliphatic hydroxyl groups excluding tert-OH is 1. The molecule has 2 rings (SSSR count). The summed E-state index contributed by atoms with van der Waals surface area (Å²) < 4.78 is 23.4. The molecule has 1 unspecified atom stereocenters. The summed E-state index contributed by atoms with van der Waals surface area (Å²) in [6, 6.07) is 0. The Bertz CT molecular complexity index is 400. The van der Waals surface area contributed by atoms with Crippen LogP contribution in [0.1, 0.15) is 32.1 Å². The Labute approximate surface area is 102 Å². The van der Waals surface area contributed by atoms with E-state index >= 15 is 0 Å². The average Bonchev–Trinajstić information content (AvgIpc) is 3.06. The maximum Gasteiger partial charge on any atom is 0.238 e. The van der Waals surface area contributed by atoms with Crippen molar-refractivity contribution in [3.63, 3.8) is 0 Å². The van der Waals surface area contributed by atoms with Gasteiger partial charge < -0.3 is 10.4 Å². The summed E-state index contributed by atoms with van der Waals surface area (Å²) >= 11 is 0. The fraction of sp³-hybridized carbons (Fsp3) is 0.909. The number of carbonyl (C=O) groups is 1. The zero-order valence-corrected chi connectivity index (χ0v) is 10.6. The molecule has 2 N–H and O–H groups in total. The summed E-state index contributed by atoms with van der Waals surface area (Å²) in [6.45, 7) is 0.457. The molecule has 0 bridgehead atoms. The van der Waals surface area contributed by atoms with E-state index in [4.69, 9.17) is 5.11 Å². The fourth-order valence-corrected chi connectivity index (χ4v) is 4.03. The summed E-state index contributed by atoms with van der Waals surface area (Å²) in [7, 11) is -3.25. The standard InChI is InChI=1S/C11H19NO4S/c13-8-11(4-5-11)7-12-10(14)9-3-1-2-6-17(9,15)16/h9,13H,1-8H2,(H,12,14). The Morgan fingerprint density at radius 1 is 1.35 bits per heavy atom. The van der Waals surface area contributed by atoms with Crippen molar-refractivity contribution >= 4 is 15.7 Å². The first-order valence-corrected chi connectivity index (χ1v) is 7.81. The lowest BCUT2D eigenvalue weighted by Crippen LogP contribution is -2.44. The van der Waals surface area contributed by atoms with E-state index in [1.807, 2.05) is 0 Å². The van der Waals surface area contributed by atoms with Gasteiger partial charge in [0.1, 0.15) is 5.25 Å². The van der Waals surface area contributed by atoms with Crippen LogP contribution in [0.5, 0.6) is 0 Å². The van der Waals surface area contributed by atoms with Crippen LogP contribution >= 0.6 is 0 Å². The summed E-state index contributed by atoms with van der Waals surface area (Å²) in [6.07, 6.45) is 3.69. The quantitative estimate of drug-likeness (QED) is 0.736. The molecule has 1 saturated heterocycles. The minimum absolute atomic E-state index is 0.0602. The topological polar surface area (TPSA) is 83.5 Å². The average molecular weight is 261 g/mol. The van der Waals surface area contributed by atoms with E-state index in [1.165, 1.54) is 0 Å². The van der Waals surface area contributed by atoms with Crippen molar-refractivity contribution in [2.75, 3.05) is 18.9 Å². The van der Waals surface area contributed by atoms with Crippen molar-refractivity contribution in [3.8, 4) is 0 Å². The molecule has 1 saturated carbocycles. The van der Waals surface area contributed by atoms with Crippen molar-refractivity contribution < 1.29 is 18.3 Å². The van der Waals surface area contributed by atoms with E-state index in [0.717, 1.165) is 19.3 Å². The van der Waals surface area contributed by atoms with Gasteiger partial charge in [-0.1, -0.05) is 6.42 Å². The van der Waals surface area contributed by atoms with Crippen molar-refractivity contribution in [1.29, 1.82) is 0 Å². The summed E-state index contributed by atoms with van der Waals surface area (Å²) in [5.74, 6) is -0.264. The summed E-state index contributed by atoms with van der Waals surface area (Å²) in [4.78, 5) is 11.8. The molecule has 0 spiro atoms. The zero-order valence-electron chi connectivity index (χ0n) is 9.81.